The van der Waals surface area contributed by atoms with E-state index in [1.165, 1.54) is 11.3 Å². The van der Waals surface area contributed by atoms with E-state index >= 15 is 0 Å². The van der Waals surface area contributed by atoms with E-state index in [4.69, 9.17) is 4.74 Å². The normalized spacial score (nSPS) is 15.5. The Labute approximate surface area is 194 Å². The molecule has 5 rings (SSSR count). The molecular formula is C22H22N8O2S. The standard InChI is InChI=1S/C22H22N8O2S/c1-15-18(16-6-3-2-4-7-16)13-30(28-15)14-20(31)24-21-26-27-22(33-21)32-17-9-11-29(12-17)19-8-5-10-23-25-19/h2-8,10,13,17H,9,11-12,14H2,1H3,(H,24,26,31)/t17-/m1/s1. The van der Waals surface area contributed by atoms with Crippen LogP contribution in [0.2, 0.25) is 0 Å². The van der Waals surface area contributed by atoms with Crippen LogP contribution in [0.4, 0.5) is 10.9 Å². The molecule has 1 aliphatic rings. The predicted molar refractivity (Wildman–Crippen MR) is 124 cm³/mol. The van der Waals surface area contributed by atoms with Crippen LogP contribution in [-0.2, 0) is 11.3 Å². The average Bonchev–Trinajstić information content (AvgIpc) is 3.56. The van der Waals surface area contributed by atoms with Gasteiger partial charge in [0.25, 0.3) is 5.19 Å². The van der Waals surface area contributed by atoms with Crippen LogP contribution in [0, 0.1) is 6.92 Å². The van der Waals surface area contributed by atoms with E-state index < -0.39 is 0 Å². The minimum Gasteiger partial charge on any atom is -0.464 e. The van der Waals surface area contributed by atoms with E-state index in [-0.39, 0.29) is 18.6 Å². The van der Waals surface area contributed by atoms with Crippen LogP contribution < -0.4 is 15.0 Å². The zero-order valence-corrected chi connectivity index (χ0v) is 18.8. The summed E-state index contributed by atoms with van der Waals surface area (Å²) in [6.45, 7) is 3.54. The lowest BCUT2D eigenvalue weighted by molar-refractivity contribution is -0.116. The average molecular weight is 463 g/mol. The first-order valence-corrected chi connectivity index (χ1v) is 11.4. The fraction of sp³-hybridized carbons (Fsp3) is 0.273. The van der Waals surface area contributed by atoms with Crippen molar-refractivity contribution >= 4 is 28.2 Å². The number of rotatable bonds is 7. The second-order valence-electron chi connectivity index (χ2n) is 7.67. The van der Waals surface area contributed by atoms with Gasteiger partial charge >= 0.3 is 0 Å². The topological polar surface area (TPSA) is 111 Å². The molecule has 1 fully saturated rings. The highest BCUT2D eigenvalue weighted by Crippen LogP contribution is 2.27. The molecule has 1 aromatic carbocycles. The van der Waals surface area contributed by atoms with Crippen molar-refractivity contribution in [1.82, 2.24) is 30.2 Å². The molecule has 0 bridgehead atoms. The summed E-state index contributed by atoms with van der Waals surface area (Å²) < 4.78 is 7.59. The molecule has 1 atom stereocenters. The Kier molecular flexibility index (Phi) is 5.94. The quantitative estimate of drug-likeness (QED) is 0.446. The van der Waals surface area contributed by atoms with Crippen LogP contribution in [0.1, 0.15) is 12.1 Å². The third kappa shape index (κ3) is 4.98. The van der Waals surface area contributed by atoms with Gasteiger partial charge in [0.05, 0.1) is 12.2 Å². The second-order valence-corrected chi connectivity index (χ2v) is 8.61. The third-order valence-electron chi connectivity index (χ3n) is 5.28. The molecule has 0 radical (unpaired) electrons. The maximum absolute atomic E-state index is 12.5. The lowest BCUT2D eigenvalue weighted by atomic mass is 10.1. The summed E-state index contributed by atoms with van der Waals surface area (Å²) in [6, 6.07) is 13.8. The predicted octanol–water partition coefficient (Wildman–Crippen LogP) is 2.80. The molecule has 4 heterocycles. The first-order chi connectivity index (χ1) is 16.1. The summed E-state index contributed by atoms with van der Waals surface area (Å²) >= 11 is 1.21. The van der Waals surface area contributed by atoms with Gasteiger partial charge in [-0.05, 0) is 36.0 Å². The molecule has 3 aromatic heterocycles. The Morgan fingerprint density at radius 2 is 2.06 bits per heavy atom. The molecule has 0 spiro atoms. The van der Waals surface area contributed by atoms with E-state index in [2.05, 4.69) is 35.7 Å². The molecule has 1 amide bonds. The van der Waals surface area contributed by atoms with E-state index in [0.717, 1.165) is 35.6 Å². The Balaban J connectivity index is 1.15. The molecule has 0 unspecified atom stereocenters. The van der Waals surface area contributed by atoms with Gasteiger partial charge in [0, 0.05) is 30.9 Å². The summed E-state index contributed by atoms with van der Waals surface area (Å²) in [6.07, 6.45) is 4.36. The number of aryl methyl sites for hydroxylation is 1. The Bertz CT molecular complexity index is 1230. The lowest BCUT2D eigenvalue weighted by Gasteiger charge is -2.16. The lowest BCUT2D eigenvalue weighted by Crippen LogP contribution is -2.25. The van der Waals surface area contributed by atoms with Crippen molar-refractivity contribution in [2.45, 2.75) is 26.0 Å². The number of aromatic nitrogens is 6. The number of anilines is 2. The highest BCUT2D eigenvalue weighted by molar-refractivity contribution is 7.17. The Morgan fingerprint density at radius 1 is 1.18 bits per heavy atom. The van der Waals surface area contributed by atoms with Gasteiger partial charge in [0.1, 0.15) is 12.6 Å². The van der Waals surface area contributed by atoms with Crippen molar-refractivity contribution in [3.8, 4) is 16.3 Å². The van der Waals surface area contributed by atoms with Crippen molar-refractivity contribution in [3.63, 3.8) is 0 Å². The van der Waals surface area contributed by atoms with Crippen molar-refractivity contribution < 1.29 is 9.53 Å². The van der Waals surface area contributed by atoms with E-state index in [0.29, 0.717) is 16.9 Å². The molecular weight excluding hydrogens is 440 g/mol. The first kappa shape index (κ1) is 21.0. The fourth-order valence-electron chi connectivity index (χ4n) is 3.75. The van der Waals surface area contributed by atoms with E-state index in [9.17, 15) is 4.79 Å². The number of hydrogen-bond donors (Lipinski definition) is 1. The summed E-state index contributed by atoms with van der Waals surface area (Å²) in [4.78, 5) is 14.6. The minimum absolute atomic E-state index is 0.0213. The highest BCUT2D eigenvalue weighted by Gasteiger charge is 2.26. The number of hydrogen-bond acceptors (Lipinski definition) is 9. The van der Waals surface area contributed by atoms with Gasteiger partial charge in [0.15, 0.2) is 5.82 Å². The molecule has 11 heteroatoms. The van der Waals surface area contributed by atoms with Crippen LogP contribution in [0.3, 0.4) is 0 Å². The zero-order valence-electron chi connectivity index (χ0n) is 18.0. The van der Waals surface area contributed by atoms with Crippen molar-refractivity contribution in [3.05, 3.63) is 60.6 Å². The van der Waals surface area contributed by atoms with Crippen LogP contribution >= 0.6 is 11.3 Å². The second kappa shape index (κ2) is 9.33. The summed E-state index contributed by atoms with van der Waals surface area (Å²) in [5, 5.41) is 24.2. The SMILES string of the molecule is Cc1nn(CC(=O)Nc2nnc(O[C@@H]3CCN(c4cccnn4)C3)s2)cc1-c1ccccc1. The fourth-order valence-corrected chi connectivity index (χ4v) is 4.43. The number of nitrogens with one attached hydrogen (secondary N) is 1. The molecule has 33 heavy (non-hydrogen) atoms. The van der Waals surface area contributed by atoms with E-state index in [1.807, 2.05) is 55.6 Å². The molecule has 168 valence electrons. The van der Waals surface area contributed by atoms with Gasteiger partial charge in [-0.25, -0.2) is 0 Å². The molecule has 10 nitrogen and oxygen atoms in total. The number of carbonyl (C=O) groups excluding carboxylic acids is 1. The van der Waals surface area contributed by atoms with E-state index in [1.54, 1.807) is 10.9 Å². The molecule has 0 saturated carbocycles. The molecule has 1 aliphatic heterocycles. The summed E-state index contributed by atoms with van der Waals surface area (Å²) in [7, 11) is 0. The van der Waals surface area contributed by atoms with Crippen LogP contribution in [0.5, 0.6) is 5.19 Å². The van der Waals surface area contributed by atoms with Gasteiger partial charge in [-0.3, -0.25) is 14.8 Å². The maximum atomic E-state index is 12.5. The Morgan fingerprint density at radius 3 is 2.88 bits per heavy atom. The third-order valence-corrected chi connectivity index (χ3v) is 6.01. The summed E-state index contributed by atoms with van der Waals surface area (Å²) in [5.74, 6) is 0.604. The number of carbonyl (C=O) groups is 1. The maximum Gasteiger partial charge on any atom is 0.296 e. The number of amides is 1. The Hall–Kier alpha value is -3.86. The van der Waals surface area contributed by atoms with Crippen LogP contribution in [-0.4, -0.2) is 55.3 Å². The first-order valence-electron chi connectivity index (χ1n) is 10.6. The molecule has 0 aliphatic carbocycles. The van der Waals surface area contributed by atoms with Gasteiger partial charge in [-0.1, -0.05) is 35.4 Å². The molecule has 1 saturated heterocycles. The van der Waals surface area contributed by atoms with Gasteiger partial charge < -0.3 is 9.64 Å². The molecule has 1 N–H and O–H groups in total. The van der Waals surface area contributed by atoms with Crippen molar-refractivity contribution in [2.24, 2.45) is 0 Å². The molecule has 4 aromatic rings. The van der Waals surface area contributed by atoms with Crippen LogP contribution in [0.25, 0.3) is 11.1 Å². The number of benzene rings is 1. The zero-order chi connectivity index (χ0) is 22.6. The monoisotopic (exact) mass is 462 g/mol. The number of ether oxygens (including phenoxy) is 1. The smallest absolute Gasteiger partial charge is 0.296 e. The van der Waals surface area contributed by atoms with Crippen molar-refractivity contribution in [2.75, 3.05) is 23.3 Å². The minimum atomic E-state index is -0.227. The van der Waals surface area contributed by atoms with Crippen molar-refractivity contribution in [1.29, 1.82) is 0 Å². The van der Waals surface area contributed by atoms with Gasteiger partial charge in [0.2, 0.25) is 11.0 Å². The van der Waals surface area contributed by atoms with Crippen LogP contribution in [0.15, 0.2) is 54.9 Å². The van der Waals surface area contributed by atoms with Gasteiger partial charge in [-0.15, -0.1) is 10.2 Å². The highest BCUT2D eigenvalue weighted by atomic mass is 32.1. The number of nitrogens with zero attached hydrogens (tertiary/aromatic N) is 7. The summed E-state index contributed by atoms with van der Waals surface area (Å²) in [5.41, 5.74) is 2.94. The van der Waals surface area contributed by atoms with Gasteiger partial charge in [-0.2, -0.15) is 10.2 Å². The largest absolute Gasteiger partial charge is 0.464 e.